The Bertz CT molecular complexity index is 887. The minimum Gasteiger partial charge on any atom is -0.493 e. The average molecular weight is 418 g/mol. The van der Waals surface area contributed by atoms with E-state index >= 15 is 0 Å². The van der Waals surface area contributed by atoms with Gasteiger partial charge in [-0.2, -0.15) is 0 Å². The highest BCUT2D eigenvalue weighted by Gasteiger charge is 2.38. The number of benzene rings is 2. The van der Waals surface area contributed by atoms with Crippen molar-refractivity contribution in [2.45, 2.75) is 18.3 Å². The van der Waals surface area contributed by atoms with E-state index in [1.165, 1.54) is 11.8 Å². The average Bonchev–Trinajstić information content (AvgIpc) is 2.94. The minimum atomic E-state index is -1.09. The molecule has 0 spiro atoms. The van der Waals surface area contributed by atoms with Crippen molar-refractivity contribution in [3.8, 4) is 11.5 Å². The highest BCUT2D eigenvalue weighted by atomic mass is 32.2. The van der Waals surface area contributed by atoms with Gasteiger partial charge >= 0.3 is 5.97 Å². The van der Waals surface area contributed by atoms with Crippen LogP contribution in [0.3, 0.4) is 0 Å². The van der Waals surface area contributed by atoms with E-state index in [1.54, 1.807) is 13.2 Å². The number of para-hydroxylation sites is 1. The summed E-state index contributed by atoms with van der Waals surface area (Å²) in [7, 11) is 1.56. The first-order chi connectivity index (χ1) is 13.5. The molecule has 1 heterocycles. The summed E-state index contributed by atoms with van der Waals surface area (Å²) in [5.41, 5.74) is 1.82. The zero-order valence-electron chi connectivity index (χ0n) is 15.2. The minimum absolute atomic E-state index is 0.284. The van der Waals surface area contributed by atoms with Gasteiger partial charge in [0.15, 0.2) is 11.5 Å². The highest BCUT2D eigenvalue weighted by molar-refractivity contribution is 8.24. The summed E-state index contributed by atoms with van der Waals surface area (Å²) in [5.74, 6) is -0.238. The smallest absolute Gasteiger partial charge is 0.323 e. The van der Waals surface area contributed by atoms with Gasteiger partial charge in [-0.3, -0.25) is 14.5 Å². The number of carbonyl (C=O) groups excluding carboxylic acids is 1. The Hall–Kier alpha value is -2.58. The number of carbonyl (C=O) groups is 2. The largest absolute Gasteiger partial charge is 0.493 e. The Balaban J connectivity index is 1.79. The number of hydrogen-bond donors (Lipinski definition) is 1. The van der Waals surface area contributed by atoms with Gasteiger partial charge in [0, 0.05) is 0 Å². The second-order valence-electron chi connectivity index (χ2n) is 6.12. The molecule has 0 bridgehead atoms. The summed E-state index contributed by atoms with van der Waals surface area (Å²) in [6, 6.07) is 15.3. The molecule has 1 unspecified atom stereocenters. The van der Waals surface area contributed by atoms with E-state index in [4.69, 9.17) is 26.8 Å². The molecule has 1 saturated heterocycles. The van der Waals surface area contributed by atoms with Gasteiger partial charge in [0.2, 0.25) is 5.91 Å². The molecule has 3 rings (SSSR count). The molecule has 1 amide bonds. The van der Waals surface area contributed by atoms with Crippen molar-refractivity contribution in [2.24, 2.45) is 0 Å². The number of nitrogens with zero attached hydrogens (tertiary/aromatic N) is 1. The van der Waals surface area contributed by atoms with Crippen LogP contribution in [-0.2, 0) is 22.6 Å². The van der Waals surface area contributed by atoms with Crippen molar-refractivity contribution < 1.29 is 24.2 Å². The van der Waals surface area contributed by atoms with Crippen molar-refractivity contribution in [1.82, 2.24) is 4.90 Å². The lowest BCUT2D eigenvalue weighted by atomic mass is 10.1. The zero-order valence-corrected chi connectivity index (χ0v) is 16.8. The Morgan fingerprint density at radius 1 is 1.21 bits per heavy atom. The summed E-state index contributed by atoms with van der Waals surface area (Å²) >= 11 is 6.38. The Morgan fingerprint density at radius 3 is 2.64 bits per heavy atom. The number of methoxy groups -OCH3 is 1. The summed E-state index contributed by atoms with van der Waals surface area (Å²) < 4.78 is 11.7. The fourth-order valence-corrected chi connectivity index (χ4v) is 4.40. The predicted molar refractivity (Wildman–Crippen MR) is 111 cm³/mol. The first kappa shape index (κ1) is 20.2. The van der Waals surface area contributed by atoms with Gasteiger partial charge in [-0.05, 0) is 23.6 Å². The molecule has 2 aromatic rings. The van der Waals surface area contributed by atoms with Crippen molar-refractivity contribution >= 4 is 40.2 Å². The van der Waals surface area contributed by atoms with Crippen LogP contribution in [0.15, 0.2) is 48.5 Å². The van der Waals surface area contributed by atoms with Crippen LogP contribution in [0.25, 0.3) is 0 Å². The van der Waals surface area contributed by atoms with Crippen molar-refractivity contribution in [3.63, 3.8) is 0 Å². The zero-order chi connectivity index (χ0) is 20.1. The van der Waals surface area contributed by atoms with Crippen LogP contribution in [0.1, 0.15) is 11.1 Å². The van der Waals surface area contributed by atoms with E-state index < -0.39 is 17.8 Å². The molecule has 6 nitrogen and oxygen atoms in total. The molecule has 146 valence electrons. The Kier molecular flexibility index (Phi) is 6.53. The number of rotatable bonds is 8. The number of thiocarbonyl (C=S) groups is 1. The number of hydrogen-bond acceptors (Lipinski definition) is 6. The van der Waals surface area contributed by atoms with E-state index in [0.29, 0.717) is 24.5 Å². The first-order valence-electron chi connectivity index (χ1n) is 8.56. The van der Waals surface area contributed by atoms with Gasteiger partial charge in [-0.1, -0.05) is 66.4 Å². The van der Waals surface area contributed by atoms with E-state index in [-0.39, 0.29) is 10.2 Å². The third-order valence-corrected chi connectivity index (χ3v) is 5.79. The second kappa shape index (κ2) is 9.07. The molecule has 2 aromatic carbocycles. The van der Waals surface area contributed by atoms with Gasteiger partial charge < -0.3 is 14.6 Å². The van der Waals surface area contributed by atoms with Crippen LogP contribution in [0.4, 0.5) is 0 Å². The molecule has 0 saturated carbocycles. The van der Waals surface area contributed by atoms with Crippen LogP contribution < -0.4 is 9.47 Å². The number of amides is 1. The summed E-state index contributed by atoms with van der Waals surface area (Å²) in [6.07, 6.45) is 0.362. The summed E-state index contributed by atoms with van der Waals surface area (Å²) in [4.78, 5) is 24.7. The quantitative estimate of drug-likeness (QED) is 0.661. The predicted octanol–water partition coefficient (Wildman–Crippen LogP) is 3.13. The maximum absolute atomic E-state index is 12.6. The Labute approximate surface area is 172 Å². The number of carboxylic acid groups (broad SMARTS) is 1. The van der Waals surface area contributed by atoms with Crippen LogP contribution in [-0.4, -0.2) is 45.1 Å². The molecule has 28 heavy (non-hydrogen) atoms. The lowest BCUT2D eigenvalue weighted by Crippen LogP contribution is -2.36. The lowest BCUT2D eigenvalue weighted by molar-refractivity contribution is -0.141. The van der Waals surface area contributed by atoms with Crippen LogP contribution in [0.5, 0.6) is 11.5 Å². The molecule has 1 aliphatic rings. The number of ether oxygens (including phenoxy) is 2. The molecular weight excluding hydrogens is 398 g/mol. The number of thioether (sulfide) groups is 1. The standard InChI is InChI=1S/C20H19NO5S2/c1-25-15-9-5-8-14(18(15)26-12-13-6-3-2-4-7-13)10-16-19(24)21(11-17(22)23)20(27)28-16/h2-9,16H,10-12H2,1H3,(H,22,23). The molecule has 1 fully saturated rings. The molecule has 1 N–H and O–H groups in total. The summed E-state index contributed by atoms with van der Waals surface area (Å²) in [5, 5.41) is 8.49. The van der Waals surface area contributed by atoms with Crippen molar-refractivity contribution in [3.05, 3.63) is 59.7 Å². The molecule has 1 aliphatic heterocycles. The Morgan fingerprint density at radius 2 is 1.96 bits per heavy atom. The molecule has 0 radical (unpaired) electrons. The topological polar surface area (TPSA) is 76.1 Å². The molecule has 8 heteroatoms. The summed E-state index contributed by atoms with van der Waals surface area (Å²) in [6.45, 7) is -0.0554. The highest BCUT2D eigenvalue weighted by Crippen LogP contribution is 2.36. The van der Waals surface area contributed by atoms with Crippen molar-refractivity contribution in [1.29, 1.82) is 0 Å². The van der Waals surface area contributed by atoms with Gasteiger partial charge in [0.05, 0.1) is 12.4 Å². The normalized spacial score (nSPS) is 16.3. The van der Waals surface area contributed by atoms with Gasteiger partial charge in [0.1, 0.15) is 17.5 Å². The fraction of sp³-hybridized carbons (Fsp3) is 0.250. The van der Waals surface area contributed by atoms with Gasteiger partial charge in [-0.25, -0.2) is 0 Å². The van der Waals surface area contributed by atoms with Crippen LogP contribution in [0.2, 0.25) is 0 Å². The third kappa shape index (κ3) is 4.63. The third-order valence-electron chi connectivity index (χ3n) is 4.21. The maximum Gasteiger partial charge on any atom is 0.323 e. The fourth-order valence-electron chi connectivity index (χ4n) is 2.88. The monoisotopic (exact) mass is 417 g/mol. The van der Waals surface area contributed by atoms with E-state index in [1.807, 2.05) is 42.5 Å². The molecule has 0 aromatic heterocycles. The molecule has 1 atom stereocenters. The van der Waals surface area contributed by atoms with Crippen molar-refractivity contribution in [2.75, 3.05) is 13.7 Å². The van der Waals surface area contributed by atoms with Crippen LogP contribution in [0, 0.1) is 0 Å². The van der Waals surface area contributed by atoms with E-state index in [9.17, 15) is 9.59 Å². The number of carboxylic acids is 1. The molecular formula is C20H19NO5S2. The molecule has 0 aliphatic carbocycles. The van der Waals surface area contributed by atoms with Gasteiger partial charge in [-0.15, -0.1) is 0 Å². The van der Waals surface area contributed by atoms with Gasteiger partial charge in [0.25, 0.3) is 0 Å². The second-order valence-corrected chi connectivity index (χ2v) is 7.95. The lowest BCUT2D eigenvalue weighted by Gasteiger charge is -2.17. The van der Waals surface area contributed by atoms with E-state index in [2.05, 4.69) is 0 Å². The van der Waals surface area contributed by atoms with E-state index in [0.717, 1.165) is 16.0 Å². The SMILES string of the molecule is COc1cccc(CC2SC(=S)N(CC(=O)O)C2=O)c1OCc1ccccc1. The number of aliphatic carboxylic acids is 1. The maximum atomic E-state index is 12.6. The first-order valence-corrected chi connectivity index (χ1v) is 9.84. The van der Waals surface area contributed by atoms with Crippen LogP contribution >= 0.6 is 24.0 Å².